The Morgan fingerprint density at radius 1 is 1.32 bits per heavy atom. The summed E-state index contributed by atoms with van der Waals surface area (Å²) in [7, 11) is 0. The number of likely N-dealkylation sites (tertiary alicyclic amines) is 1. The van der Waals surface area contributed by atoms with Crippen molar-refractivity contribution in [2.45, 2.75) is 25.2 Å². The van der Waals surface area contributed by atoms with Gasteiger partial charge in [-0.2, -0.15) is 0 Å². The Hall–Kier alpha value is -2.10. The summed E-state index contributed by atoms with van der Waals surface area (Å²) in [6.45, 7) is 2.30. The molecule has 1 aromatic rings. The zero-order valence-corrected chi connectivity index (χ0v) is 10.8. The number of hydrogen-bond acceptors (Lipinski definition) is 2. The van der Waals surface area contributed by atoms with Crippen molar-refractivity contribution in [1.82, 2.24) is 4.90 Å². The van der Waals surface area contributed by atoms with Gasteiger partial charge in [0.15, 0.2) is 0 Å². The van der Waals surface area contributed by atoms with Crippen LogP contribution in [0.15, 0.2) is 36.5 Å². The Morgan fingerprint density at radius 2 is 2.11 bits per heavy atom. The van der Waals surface area contributed by atoms with Crippen LogP contribution in [0.4, 0.5) is 5.69 Å². The largest absolute Gasteiger partial charge is 0.325 e. The maximum atomic E-state index is 12.4. The lowest BCUT2D eigenvalue weighted by Gasteiger charge is -2.37. The number of para-hydroxylation sites is 1. The molecule has 3 rings (SSSR count). The van der Waals surface area contributed by atoms with Gasteiger partial charge in [-0.25, -0.2) is 0 Å². The van der Waals surface area contributed by atoms with Crippen LogP contribution in [0.5, 0.6) is 0 Å². The summed E-state index contributed by atoms with van der Waals surface area (Å²) >= 11 is 0. The van der Waals surface area contributed by atoms with Crippen molar-refractivity contribution >= 4 is 17.5 Å². The van der Waals surface area contributed by atoms with Crippen LogP contribution < -0.4 is 5.32 Å². The van der Waals surface area contributed by atoms with Crippen LogP contribution in [-0.2, 0) is 15.0 Å². The first-order chi connectivity index (χ1) is 9.17. The Balaban J connectivity index is 2.04. The van der Waals surface area contributed by atoms with Crippen LogP contribution in [0.3, 0.4) is 0 Å². The van der Waals surface area contributed by atoms with Gasteiger partial charge in [0, 0.05) is 24.9 Å². The molecule has 2 aliphatic heterocycles. The Labute approximate surface area is 112 Å². The molecule has 0 bridgehead atoms. The quantitative estimate of drug-likeness (QED) is 0.835. The highest BCUT2D eigenvalue weighted by atomic mass is 16.2. The van der Waals surface area contributed by atoms with E-state index in [0.717, 1.165) is 11.3 Å². The lowest BCUT2D eigenvalue weighted by molar-refractivity contribution is -0.135. The second-order valence-corrected chi connectivity index (χ2v) is 5.09. The molecule has 0 aliphatic carbocycles. The third-order valence-electron chi connectivity index (χ3n) is 3.98. The summed E-state index contributed by atoms with van der Waals surface area (Å²) in [4.78, 5) is 25.9. The average molecular weight is 256 g/mol. The minimum absolute atomic E-state index is 0.00991. The number of carbonyl (C=O) groups excluding carboxylic acids is 2. The summed E-state index contributed by atoms with van der Waals surface area (Å²) in [5.74, 6) is 0.0941. The fourth-order valence-electron chi connectivity index (χ4n) is 3.02. The van der Waals surface area contributed by atoms with Gasteiger partial charge in [0.1, 0.15) is 0 Å². The van der Waals surface area contributed by atoms with E-state index in [9.17, 15) is 9.59 Å². The van der Waals surface area contributed by atoms with Gasteiger partial charge in [0.05, 0.1) is 5.41 Å². The van der Waals surface area contributed by atoms with Gasteiger partial charge in [0.25, 0.3) is 0 Å². The predicted octanol–water partition coefficient (Wildman–Crippen LogP) is 2.03. The fourth-order valence-corrected chi connectivity index (χ4v) is 3.02. The molecule has 19 heavy (non-hydrogen) atoms. The third kappa shape index (κ3) is 1.67. The molecule has 4 heteroatoms. The highest BCUT2D eigenvalue weighted by molar-refractivity contribution is 6.07. The molecule has 0 aromatic heterocycles. The number of carbonyl (C=O) groups is 2. The molecule has 1 fully saturated rings. The topological polar surface area (TPSA) is 49.4 Å². The predicted molar refractivity (Wildman–Crippen MR) is 72.5 cm³/mol. The van der Waals surface area contributed by atoms with Crippen LogP contribution in [0, 0.1) is 0 Å². The smallest absolute Gasteiger partial charge is 0.236 e. The van der Waals surface area contributed by atoms with Gasteiger partial charge in [-0.1, -0.05) is 24.3 Å². The molecule has 1 spiro atoms. The van der Waals surface area contributed by atoms with Crippen molar-refractivity contribution in [2.75, 3.05) is 11.9 Å². The fraction of sp³-hybridized carbons (Fsp3) is 0.333. The molecule has 4 nitrogen and oxygen atoms in total. The van der Waals surface area contributed by atoms with E-state index >= 15 is 0 Å². The van der Waals surface area contributed by atoms with Gasteiger partial charge in [-0.15, -0.1) is 0 Å². The number of piperidine rings is 1. The number of fused-ring (bicyclic) bond motifs is 2. The molecule has 2 aliphatic rings. The van der Waals surface area contributed by atoms with Gasteiger partial charge < -0.3 is 10.2 Å². The summed E-state index contributed by atoms with van der Waals surface area (Å²) in [6.07, 6.45) is 4.59. The molecule has 1 N–H and O–H groups in total. The molecule has 1 saturated heterocycles. The Kier molecular flexibility index (Phi) is 2.66. The normalized spacial score (nSPS) is 26.1. The number of nitrogens with zero attached hydrogens (tertiary/aromatic N) is 1. The molecule has 0 radical (unpaired) electrons. The van der Waals surface area contributed by atoms with E-state index in [1.54, 1.807) is 11.1 Å². The number of benzene rings is 1. The van der Waals surface area contributed by atoms with E-state index in [-0.39, 0.29) is 11.8 Å². The first kappa shape index (κ1) is 12.0. The maximum absolute atomic E-state index is 12.4. The first-order valence-corrected chi connectivity index (χ1v) is 6.50. The summed E-state index contributed by atoms with van der Waals surface area (Å²) in [5, 5.41) is 2.93. The molecule has 0 saturated carbocycles. The van der Waals surface area contributed by atoms with Gasteiger partial charge in [-0.05, 0) is 25.0 Å². The van der Waals surface area contributed by atoms with Crippen molar-refractivity contribution in [3.63, 3.8) is 0 Å². The standard InChI is InChI=1S/C15H16N2O2/c1-2-9-17-10-15(8-7-13(17)18)11-5-3-4-6-12(11)16-14(15)19/h2-6,9H,7-8,10H2,1H3,(H,16,19). The number of rotatable bonds is 1. The van der Waals surface area contributed by atoms with Crippen LogP contribution >= 0.6 is 0 Å². The lowest BCUT2D eigenvalue weighted by atomic mass is 9.75. The van der Waals surface area contributed by atoms with Crippen LogP contribution in [0.2, 0.25) is 0 Å². The molecule has 1 aromatic carbocycles. The molecular formula is C15H16N2O2. The highest BCUT2D eigenvalue weighted by Gasteiger charge is 2.50. The molecule has 1 unspecified atom stereocenters. The van der Waals surface area contributed by atoms with E-state index in [0.29, 0.717) is 19.4 Å². The molecule has 1 atom stereocenters. The summed E-state index contributed by atoms with van der Waals surface area (Å²) < 4.78 is 0. The minimum atomic E-state index is -0.579. The third-order valence-corrected chi connectivity index (χ3v) is 3.98. The SMILES string of the molecule is CC=CN1CC2(CCC1=O)C(=O)Nc1ccccc12. The van der Waals surface area contributed by atoms with Crippen molar-refractivity contribution in [3.8, 4) is 0 Å². The number of allylic oxidation sites excluding steroid dienone is 1. The van der Waals surface area contributed by atoms with Gasteiger partial charge >= 0.3 is 0 Å². The van der Waals surface area contributed by atoms with E-state index in [2.05, 4.69) is 5.32 Å². The Bertz CT molecular complexity index is 579. The van der Waals surface area contributed by atoms with E-state index in [1.165, 1.54) is 0 Å². The minimum Gasteiger partial charge on any atom is -0.325 e. The average Bonchev–Trinajstić information content (AvgIpc) is 2.68. The second-order valence-electron chi connectivity index (χ2n) is 5.09. The lowest BCUT2D eigenvalue weighted by Crippen LogP contribution is -2.50. The number of nitrogens with one attached hydrogen (secondary N) is 1. The zero-order chi connectivity index (χ0) is 13.5. The first-order valence-electron chi connectivity index (χ1n) is 6.50. The van der Waals surface area contributed by atoms with Crippen LogP contribution in [0.1, 0.15) is 25.3 Å². The van der Waals surface area contributed by atoms with Crippen LogP contribution in [-0.4, -0.2) is 23.3 Å². The maximum Gasteiger partial charge on any atom is 0.236 e. The second kappa shape index (κ2) is 4.23. The molecule has 2 amide bonds. The zero-order valence-electron chi connectivity index (χ0n) is 10.8. The number of hydrogen-bond donors (Lipinski definition) is 1. The van der Waals surface area contributed by atoms with Gasteiger partial charge in [-0.3, -0.25) is 9.59 Å². The number of anilines is 1. The van der Waals surface area contributed by atoms with Crippen LogP contribution in [0.25, 0.3) is 0 Å². The van der Waals surface area contributed by atoms with E-state index in [1.807, 2.05) is 37.3 Å². The van der Waals surface area contributed by atoms with Crippen molar-refractivity contribution in [3.05, 3.63) is 42.1 Å². The van der Waals surface area contributed by atoms with E-state index < -0.39 is 5.41 Å². The molecular weight excluding hydrogens is 240 g/mol. The molecule has 2 heterocycles. The summed E-state index contributed by atoms with van der Waals surface area (Å²) in [6, 6.07) is 7.75. The Morgan fingerprint density at radius 3 is 2.89 bits per heavy atom. The van der Waals surface area contributed by atoms with E-state index in [4.69, 9.17) is 0 Å². The van der Waals surface area contributed by atoms with Crippen molar-refractivity contribution in [2.24, 2.45) is 0 Å². The van der Waals surface area contributed by atoms with Crippen molar-refractivity contribution in [1.29, 1.82) is 0 Å². The van der Waals surface area contributed by atoms with Crippen molar-refractivity contribution < 1.29 is 9.59 Å². The number of amides is 2. The molecule has 98 valence electrons. The monoisotopic (exact) mass is 256 g/mol. The summed E-state index contributed by atoms with van der Waals surface area (Å²) in [5.41, 5.74) is 1.31. The highest BCUT2D eigenvalue weighted by Crippen LogP contribution is 2.43. The van der Waals surface area contributed by atoms with Gasteiger partial charge in [0.2, 0.25) is 11.8 Å².